The number of ether oxygens (including phenoxy) is 1. The zero-order chi connectivity index (χ0) is 22.9. The number of amides is 1. The number of hydrogen-bond donors (Lipinski definition) is 1. The van der Waals surface area contributed by atoms with Gasteiger partial charge in [-0.3, -0.25) is 9.20 Å². The van der Waals surface area contributed by atoms with Crippen molar-refractivity contribution in [3.8, 4) is 5.75 Å². The molecule has 3 heterocycles. The summed E-state index contributed by atoms with van der Waals surface area (Å²) in [5.74, 6) is 2.69. The minimum absolute atomic E-state index is 0.0402. The summed E-state index contributed by atoms with van der Waals surface area (Å²) < 4.78 is 7.23. The second-order valence-electron chi connectivity index (χ2n) is 8.47. The standard InChI is InChI=1S/C24H27N5O2S2/c1-4-19-26-23-21(17-10-5-14(2)11-18(17)33-23)22-27-28-24(29(19)22)32-13-20(30)25-12-15-6-8-16(31-3)9-7-15/h6-9,14H,4-5,10-13H2,1-3H3,(H,25,30). The van der Waals surface area contributed by atoms with Crippen LogP contribution in [0.5, 0.6) is 5.75 Å². The van der Waals surface area contributed by atoms with Gasteiger partial charge >= 0.3 is 0 Å². The summed E-state index contributed by atoms with van der Waals surface area (Å²) in [6, 6.07) is 7.68. The van der Waals surface area contributed by atoms with Crippen LogP contribution in [0.3, 0.4) is 0 Å². The predicted molar refractivity (Wildman–Crippen MR) is 132 cm³/mol. The van der Waals surface area contributed by atoms with E-state index in [-0.39, 0.29) is 11.7 Å². The van der Waals surface area contributed by atoms with E-state index in [0.717, 1.165) is 57.4 Å². The molecule has 0 fully saturated rings. The molecular formula is C24H27N5O2S2. The van der Waals surface area contributed by atoms with Gasteiger partial charge in [0, 0.05) is 17.8 Å². The Morgan fingerprint density at radius 1 is 1.30 bits per heavy atom. The Kier molecular flexibility index (Phi) is 6.25. The molecule has 1 aromatic carbocycles. The molecule has 4 aromatic rings. The van der Waals surface area contributed by atoms with Gasteiger partial charge in [-0.05, 0) is 48.4 Å². The second kappa shape index (κ2) is 9.30. The van der Waals surface area contributed by atoms with Gasteiger partial charge < -0.3 is 10.1 Å². The average Bonchev–Trinajstić information content (AvgIpc) is 3.41. The van der Waals surface area contributed by atoms with E-state index in [1.165, 1.54) is 28.6 Å². The van der Waals surface area contributed by atoms with Crippen molar-refractivity contribution in [1.82, 2.24) is 24.9 Å². The first-order chi connectivity index (χ1) is 16.1. The first-order valence-corrected chi connectivity index (χ1v) is 13.1. The van der Waals surface area contributed by atoms with Crippen LogP contribution >= 0.6 is 23.1 Å². The van der Waals surface area contributed by atoms with Gasteiger partial charge in [0.2, 0.25) is 5.91 Å². The third kappa shape index (κ3) is 4.31. The summed E-state index contributed by atoms with van der Waals surface area (Å²) in [6.07, 6.45) is 4.17. The summed E-state index contributed by atoms with van der Waals surface area (Å²) in [6.45, 7) is 4.89. The molecule has 0 aliphatic heterocycles. The van der Waals surface area contributed by atoms with Gasteiger partial charge in [0.25, 0.3) is 0 Å². The molecule has 1 aliphatic rings. The largest absolute Gasteiger partial charge is 0.497 e. The van der Waals surface area contributed by atoms with E-state index in [1.807, 2.05) is 35.6 Å². The molecule has 1 N–H and O–H groups in total. The fourth-order valence-corrected chi connectivity index (χ4v) is 6.51. The molecule has 0 saturated carbocycles. The molecule has 1 amide bonds. The van der Waals surface area contributed by atoms with Crippen LogP contribution in [-0.4, -0.2) is 38.4 Å². The van der Waals surface area contributed by atoms with Crippen LogP contribution in [0.15, 0.2) is 29.4 Å². The number of thioether (sulfide) groups is 1. The topological polar surface area (TPSA) is 81.4 Å². The zero-order valence-electron chi connectivity index (χ0n) is 19.1. The molecule has 1 unspecified atom stereocenters. The predicted octanol–water partition coefficient (Wildman–Crippen LogP) is 4.44. The lowest BCUT2D eigenvalue weighted by Gasteiger charge is -2.17. The number of benzene rings is 1. The fraction of sp³-hybridized carbons (Fsp3) is 0.417. The number of aromatic nitrogens is 4. The summed E-state index contributed by atoms with van der Waals surface area (Å²) in [5, 5.41) is 13.9. The number of methoxy groups -OCH3 is 1. The molecule has 5 rings (SSSR count). The van der Waals surface area contributed by atoms with Crippen molar-refractivity contribution in [3.63, 3.8) is 0 Å². The Balaban J connectivity index is 1.35. The van der Waals surface area contributed by atoms with Crippen LogP contribution in [0.25, 0.3) is 15.9 Å². The summed E-state index contributed by atoms with van der Waals surface area (Å²) in [4.78, 5) is 20.0. The van der Waals surface area contributed by atoms with Gasteiger partial charge in [0.05, 0.1) is 18.2 Å². The summed E-state index contributed by atoms with van der Waals surface area (Å²) in [7, 11) is 1.64. The molecule has 7 nitrogen and oxygen atoms in total. The highest BCUT2D eigenvalue weighted by molar-refractivity contribution is 7.99. The summed E-state index contributed by atoms with van der Waals surface area (Å²) in [5.41, 5.74) is 3.30. The van der Waals surface area contributed by atoms with E-state index < -0.39 is 0 Å². The Bertz CT molecular complexity index is 1310. The first-order valence-electron chi connectivity index (χ1n) is 11.3. The van der Waals surface area contributed by atoms with Crippen LogP contribution in [0.2, 0.25) is 0 Å². The molecule has 0 spiro atoms. The van der Waals surface area contributed by atoms with Gasteiger partial charge in [-0.2, -0.15) is 0 Å². The highest BCUT2D eigenvalue weighted by Gasteiger charge is 2.25. The van der Waals surface area contributed by atoms with Crippen LogP contribution in [0.4, 0.5) is 0 Å². The van der Waals surface area contributed by atoms with Crippen LogP contribution in [0, 0.1) is 5.92 Å². The number of fused-ring (bicyclic) bond motifs is 5. The number of hydrogen-bond acceptors (Lipinski definition) is 7. The van der Waals surface area contributed by atoms with Crippen molar-refractivity contribution in [2.45, 2.75) is 51.2 Å². The Labute approximate surface area is 201 Å². The number of nitrogens with zero attached hydrogens (tertiary/aromatic N) is 4. The Hall–Kier alpha value is -2.65. The Morgan fingerprint density at radius 2 is 2.12 bits per heavy atom. The highest BCUT2D eigenvalue weighted by Crippen LogP contribution is 2.39. The maximum atomic E-state index is 12.5. The zero-order valence-corrected chi connectivity index (χ0v) is 20.7. The smallest absolute Gasteiger partial charge is 0.230 e. The maximum Gasteiger partial charge on any atom is 0.230 e. The minimum Gasteiger partial charge on any atom is -0.497 e. The number of thiophene rings is 1. The van der Waals surface area contributed by atoms with Gasteiger partial charge in [0.15, 0.2) is 10.8 Å². The third-order valence-corrected chi connectivity index (χ3v) is 8.21. The van der Waals surface area contributed by atoms with Gasteiger partial charge in [-0.1, -0.05) is 37.7 Å². The lowest BCUT2D eigenvalue weighted by molar-refractivity contribution is -0.118. The lowest BCUT2D eigenvalue weighted by Crippen LogP contribution is -2.24. The molecule has 33 heavy (non-hydrogen) atoms. The summed E-state index contributed by atoms with van der Waals surface area (Å²) >= 11 is 3.22. The van der Waals surface area contributed by atoms with Crippen LogP contribution in [-0.2, 0) is 30.6 Å². The molecule has 0 radical (unpaired) electrons. The number of carbonyl (C=O) groups excluding carboxylic acids is 1. The van der Waals surface area contributed by atoms with Crippen LogP contribution in [0.1, 0.15) is 42.1 Å². The molecule has 3 aromatic heterocycles. The van der Waals surface area contributed by atoms with Gasteiger partial charge in [-0.15, -0.1) is 21.5 Å². The van der Waals surface area contributed by atoms with E-state index in [4.69, 9.17) is 9.72 Å². The van der Waals surface area contributed by atoms with E-state index >= 15 is 0 Å². The SMILES string of the molecule is CCc1nc2sc3c(c2c2nnc(SCC(=O)NCc4ccc(OC)cc4)n12)CCC(C)C3. The maximum absolute atomic E-state index is 12.5. The van der Waals surface area contributed by atoms with E-state index in [2.05, 4.69) is 33.8 Å². The van der Waals surface area contributed by atoms with E-state index in [1.54, 1.807) is 7.11 Å². The van der Waals surface area contributed by atoms with Gasteiger partial charge in [-0.25, -0.2) is 4.98 Å². The molecular weight excluding hydrogens is 454 g/mol. The van der Waals surface area contributed by atoms with Crippen molar-refractivity contribution in [2.75, 3.05) is 12.9 Å². The normalized spacial score (nSPS) is 15.7. The minimum atomic E-state index is -0.0402. The lowest BCUT2D eigenvalue weighted by atomic mass is 9.89. The number of rotatable bonds is 7. The van der Waals surface area contributed by atoms with Gasteiger partial charge in [0.1, 0.15) is 16.4 Å². The average molecular weight is 482 g/mol. The first kappa shape index (κ1) is 22.2. The molecule has 172 valence electrons. The molecule has 1 aliphatic carbocycles. The van der Waals surface area contributed by atoms with Crippen LogP contribution < -0.4 is 10.1 Å². The van der Waals surface area contributed by atoms with E-state index in [0.29, 0.717) is 12.5 Å². The number of carbonyl (C=O) groups is 1. The second-order valence-corrected chi connectivity index (χ2v) is 10.5. The molecule has 9 heteroatoms. The van der Waals surface area contributed by atoms with Crippen molar-refractivity contribution in [2.24, 2.45) is 5.92 Å². The van der Waals surface area contributed by atoms with Crippen molar-refractivity contribution in [1.29, 1.82) is 0 Å². The van der Waals surface area contributed by atoms with Crippen molar-refractivity contribution < 1.29 is 9.53 Å². The molecule has 0 bridgehead atoms. The molecule has 1 atom stereocenters. The van der Waals surface area contributed by atoms with Crippen molar-refractivity contribution >= 4 is 44.9 Å². The quantitative estimate of drug-likeness (QED) is 0.393. The Morgan fingerprint density at radius 3 is 2.88 bits per heavy atom. The fourth-order valence-electron chi connectivity index (χ4n) is 4.33. The number of aryl methyl sites for hydroxylation is 2. The van der Waals surface area contributed by atoms with E-state index in [9.17, 15) is 4.79 Å². The molecule has 0 saturated heterocycles. The van der Waals surface area contributed by atoms with Crippen molar-refractivity contribution in [3.05, 3.63) is 46.1 Å². The number of nitrogens with one attached hydrogen (secondary N) is 1. The highest BCUT2D eigenvalue weighted by atomic mass is 32.2. The monoisotopic (exact) mass is 481 g/mol. The third-order valence-electron chi connectivity index (χ3n) is 6.14.